The number of aromatic carboxylic acids is 1. The van der Waals surface area contributed by atoms with E-state index in [9.17, 15) is 23.9 Å². The second kappa shape index (κ2) is 5.06. The number of carboxylic acids is 1. The molecule has 2 fully saturated rings. The molecule has 3 aliphatic rings. The molecule has 134 valence electrons. The third-order valence-corrected chi connectivity index (χ3v) is 5.36. The van der Waals surface area contributed by atoms with Gasteiger partial charge in [0.15, 0.2) is 11.6 Å². The molecule has 1 aromatic carbocycles. The van der Waals surface area contributed by atoms with Gasteiger partial charge in [0.2, 0.25) is 11.3 Å². The Morgan fingerprint density at radius 1 is 1.23 bits per heavy atom. The van der Waals surface area contributed by atoms with Gasteiger partial charge in [0.1, 0.15) is 17.9 Å². The molecule has 1 N–H and O–H groups in total. The summed E-state index contributed by atoms with van der Waals surface area (Å²) < 4.78 is 22.4. The van der Waals surface area contributed by atoms with E-state index in [4.69, 9.17) is 4.74 Å². The number of ether oxygens (including phenoxy) is 1. The van der Waals surface area contributed by atoms with E-state index in [1.54, 1.807) is 4.57 Å². The molecule has 26 heavy (non-hydrogen) atoms. The lowest BCUT2D eigenvalue weighted by atomic mass is 10.1. The van der Waals surface area contributed by atoms with Gasteiger partial charge in [-0.1, -0.05) is 0 Å². The molecule has 7 nitrogen and oxygen atoms in total. The lowest BCUT2D eigenvalue weighted by Gasteiger charge is -2.33. The molecule has 0 unspecified atom stereocenters. The van der Waals surface area contributed by atoms with Gasteiger partial charge in [-0.05, 0) is 25.3 Å². The predicted octanol–water partition coefficient (Wildman–Crippen LogP) is 2.06. The van der Waals surface area contributed by atoms with Crippen LogP contribution in [0.25, 0.3) is 10.9 Å². The molecule has 1 aliphatic carbocycles. The largest absolute Gasteiger partial charge is 0.487 e. The van der Waals surface area contributed by atoms with Crippen LogP contribution in [-0.2, 0) is 4.79 Å². The summed E-state index contributed by atoms with van der Waals surface area (Å²) >= 11 is 0. The second-order valence-electron chi connectivity index (χ2n) is 7.02. The SMILES string of the molecule is O=C(O)c1cn(C2CC2)c2c3c(c(F)cc2c1=O)N1C(=O)CC[C@H]1CO3. The first-order valence-corrected chi connectivity index (χ1v) is 8.57. The summed E-state index contributed by atoms with van der Waals surface area (Å²) in [6.07, 6.45) is 3.93. The Morgan fingerprint density at radius 3 is 2.69 bits per heavy atom. The molecule has 1 saturated carbocycles. The van der Waals surface area contributed by atoms with E-state index in [1.165, 1.54) is 11.1 Å². The highest BCUT2D eigenvalue weighted by molar-refractivity contribution is 6.03. The third kappa shape index (κ3) is 1.95. The quantitative estimate of drug-likeness (QED) is 0.888. The molecule has 2 aromatic rings. The van der Waals surface area contributed by atoms with Gasteiger partial charge in [0, 0.05) is 18.7 Å². The highest BCUT2D eigenvalue weighted by Gasteiger charge is 2.41. The zero-order valence-electron chi connectivity index (χ0n) is 13.7. The Hall–Kier alpha value is -2.90. The first kappa shape index (κ1) is 15.4. The second-order valence-corrected chi connectivity index (χ2v) is 7.02. The maximum Gasteiger partial charge on any atom is 0.341 e. The number of hydrogen-bond donors (Lipinski definition) is 1. The van der Waals surface area contributed by atoms with E-state index >= 15 is 0 Å². The summed E-state index contributed by atoms with van der Waals surface area (Å²) in [4.78, 5) is 37.7. The van der Waals surface area contributed by atoms with Crippen molar-refractivity contribution in [3.63, 3.8) is 0 Å². The Morgan fingerprint density at radius 2 is 2.00 bits per heavy atom. The Kier molecular flexibility index (Phi) is 2.99. The highest BCUT2D eigenvalue weighted by atomic mass is 19.1. The van der Waals surface area contributed by atoms with E-state index < -0.39 is 22.8 Å². The minimum atomic E-state index is -1.35. The average Bonchev–Trinajstić information content (AvgIpc) is 3.38. The van der Waals surface area contributed by atoms with Gasteiger partial charge in [-0.2, -0.15) is 0 Å². The summed E-state index contributed by atoms with van der Waals surface area (Å²) in [6.45, 7) is 0.233. The molecular formula is C18H15FN2O5. The molecule has 1 aromatic heterocycles. The number of carboxylic acid groups (broad SMARTS) is 1. The summed E-state index contributed by atoms with van der Waals surface area (Å²) in [6, 6.07) is 0.877. The molecule has 0 spiro atoms. The zero-order chi connectivity index (χ0) is 18.2. The Labute approximate surface area is 146 Å². The first-order valence-electron chi connectivity index (χ1n) is 8.57. The molecule has 3 heterocycles. The summed E-state index contributed by atoms with van der Waals surface area (Å²) in [5.41, 5.74) is -0.704. The van der Waals surface area contributed by atoms with Crippen LogP contribution in [0, 0.1) is 5.82 Å². The van der Waals surface area contributed by atoms with Crippen molar-refractivity contribution in [3.05, 3.63) is 33.9 Å². The minimum absolute atomic E-state index is 0.0295. The van der Waals surface area contributed by atoms with E-state index in [2.05, 4.69) is 0 Å². The van der Waals surface area contributed by atoms with E-state index in [1.807, 2.05) is 0 Å². The fourth-order valence-corrected chi connectivity index (χ4v) is 3.99. The van der Waals surface area contributed by atoms with Crippen LogP contribution in [0.1, 0.15) is 42.1 Å². The van der Waals surface area contributed by atoms with Crippen molar-refractivity contribution in [1.29, 1.82) is 0 Å². The van der Waals surface area contributed by atoms with Crippen molar-refractivity contribution in [2.75, 3.05) is 11.5 Å². The molecule has 5 rings (SSSR count). The molecule has 0 radical (unpaired) electrons. The highest BCUT2D eigenvalue weighted by Crippen LogP contribution is 2.47. The van der Waals surface area contributed by atoms with Crippen LogP contribution >= 0.6 is 0 Å². The maximum absolute atomic E-state index is 14.9. The van der Waals surface area contributed by atoms with Gasteiger partial charge in [0.05, 0.1) is 16.9 Å². The van der Waals surface area contributed by atoms with Crippen LogP contribution in [0.4, 0.5) is 10.1 Å². The van der Waals surface area contributed by atoms with Gasteiger partial charge < -0.3 is 14.4 Å². The number of pyridine rings is 1. The lowest BCUT2D eigenvalue weighted by molar-refractivity contribution is -0.117. The third-order valence-electron chi connectivity index (χ3n) is 5.36. The number of hydrogen-bond acceptors (Lipinski definition) is 4. The van der Waals surface area contributed by atoms with Gasteiger partial charge in [-0.15, -0.1) is 0 Å². The number of rotatable bonds is 2. The number of nitrogens with zero attached hydrogens (tertiary/aromatic N) is 2. The van der Waals surface area contributed by atoms with Gasteiger partial charge in [-0.25, -0.2) is 9.18 Å². The van der Waals surface area contributed by atoms with Crippen molar-refractivity contribution < 1.29 is 23.8 Å². The number of carbonyl (C=O) groups excluding carboxylic acids is 1. The minimum Gasteiger partial charge on any atom is -0.487 e. The van der Waals surface area contributed by atoms with Crippen LogP contribution in [0.2, 0.25) is 0 Å². The van der Waals surface area contributed by atoms with Crippen molar-refractivity contribution in [2.24, 2.45) is 0 Å². The topological polar surface area (TPSA) is 88.8 Å². The smallest absolute Gasteiger partial charge is 0.341 e. The van der Waals surface area contributed by atoms with E-state index in [0.29, 0.717) is 18.4 Å². The van der Waals surface area contributed by atoms with Crippen LogP contribution < -0.4 is 15.1 Å². The van der Waals surface area contributed by atoms with Crippen LogP contribution in [0.5, 0.6) is 5.75 Å². The summed E-state index contributed by atoms with van der Waals surface area (Å²) in [5.74, 6) is -2.10. The normalized spacial score (nSPS) is 21.5. The van der Waals surface area contributed by atoms with Crippen molar-refractivity contribution in [3.8, 4) is 5.75 Å². The van der Waals surface area contributed by atoms with Crippen molar-refractivity contribution in [1.82, 2.24) is 4.57 Å². The van der Waals surface area contributed by atoms with Crippen LogP contribution in [0.3, 0.4) is 0 Å². The van der Waals surface area contributed by atoms with E-state index in [0.717, 1.165) is 18.9 Å². The molecular weight excluding hydrogens is 343 g/mol. The maximum atomic E-state index is 14.9. The Bertz CT molecular complexity index is 1060. The summed E-state index contributed by atoms with van der Waals surface area (Å²) in [7, 11) is 0. The number of anilines is 1. The number of aromatic nitrogens is 1. The lowest BCUT2D eigenvalue weighted by Crippen LogP contribution is -2.41. The fourth-order valence-electron chi connectivity index (χ4n) is 3.99. The number of halogens is 1. The standard InChI is InChI=1S/C18H15FN2O5/c19-12-5-10-14(17-15(12)21-9(7-26-17)3-4-13(21)22)20(8-1-2-8)6-11(16(10)23)18(24)25/h5-6,8-9H,1-4,7H2,(H,24,25)/t9-/m0/s1. The Balaban J connectivity index is 1.89. The van der Waals surface area contributed by atoms with Gasteiger partial charge in [0.25, 0.3) is 0 Å². The first-order chi connectivity index (χ1) is 12.5. The molecule has 2 aliphatic heterocycles. The molecule has 8 heteroatoms. The number of amides is 1. The molecule has 1 saturated heterocycles. The predicted molar refractivity (Wildman–Crippen MR) is 89.4 cm³/mol. The number of fused-ring (bicyclic) bond motifs is 5. The fraction of sp³-hybridized carbons (Fsp3) is 0.389. The number of carbonyl (C=O) groups is 2. The average molecular weight is 358 g/mol. The van der Waals surface area contributed by atoms with Gasteiger partial charge >= 0.3 is 5.97 Å². The van der Waals surface area contributed by atoms with Crippen molar-refractivity contribution in [2.45, 2.75) is 37.8 Å². The van der Waals surface area contributed by atoms with Crippen LogP contribution in [0.15, 0.2) is 17.1 Å². The number of benzene rings is 1. The molecule has 1 amide bonds. The van der Waals surface area contributed by atoms with E-state index in [-0.39, 0.29) is 41.4 Å². The monoisotopic (exact) mass is 358 g/mol. The van der Waals surface area contributed by atoms with Crippen molar-refractivity contribution >= 4 is 28.5 Å². The van der Waals surface area contributed by atoms with Gasteiger partial charge in [-0.3, -0.25) is 14.5 Å². The summed E-state index contributed by atoms with van der Waals surface area (Å²) in [5, 5.41) is 9.30. The van der Waals surface area contributed by atoms with Crippen LogP contribution in [-0.4, -0.2) is 34.2 Å². The molecule has 0 bridgehead atoms. The molecule has 1 atom stereocenters. The zero-order valence-corrected chi connectivity index (χ0v) is 13.7.